The number of carbonyl (C=O) groups excluding carboxylic acids is 1. The fraction of sp³-hybridized carbons (Fsp3) is 0.952. The molecule has 280 valence electrons. The van der Waals surface area contributed by atoms with Gasteiger partial charge in [0.05, 0.1) is 0 Å². The number of guanidine groups is 1. The SMILES string of the molecule is CCCCCCCCCCCCCCCCCCN(CCCCCCCCCCCCCCCCCC)C(N)=NCCCCC(N)=O. The van der Waals surface area contributed by atoms with Gasteiger partial charge in [0, 0.05) is 26.1 Å². The third kappa shape index (κ3) is 37.4. The third-order valence-electron chi connectivity index (χ3n) is 9.99. The predicted molar refractivity (Wildman–Crippen MR) is 210 cm³/mol. The highest BCUT2D eigenvalue weighted by Crippen LogP contribution is 2.16. The molecular formula is C42H86N4O. The van der Waals surface area contributed by atoms with Crippen LogP contribution in [0.25, 0.3) is 0 Å². The van der Waals surface area contributed by atoms with Crippen molar-refractivity contribution in [2.75, 3.05) is 19.6 Å². The van der Waals surface area contributed by atoms with Crippen LogP contribution in [0.2, 0.25) is 0 Å². The summed E-state index contributed by atoms with van der Waals surface area (Å²) in [6, 6.07) is 0. The van der Waals surface area contributed by atoms with E-state index in [1.807, 2.05) is 0 Å². The first-order valence-electron chi connectivity index (χ1n) is 21.4. The Kier molecular flexibility index (Phi) is 38.1. The van der Waals surface area contributed by atoms with E-state index in [0.717, 1.165) is 25.9 Å². The van der Waals surface area contributed by atoms with Crippen molar-refractivity contribution < 1.29 is 4.79 Å². The summed E-state index contributed by atoms with van der Waals surface area (Å²) < 4.78 is 0. The smallest absolute Gasteiger partial charge is 0.217 e. The minimum absolute atomic E-state index is 0.226. The maximum atomic E-state index is 11.0. The average molecular weight is 663 g/mol. The lowest BCUT2D eigenvalue weighted by atomic mass is 10.0. The summed E-state index contributed by atoms with van der Waals surface area (Å²) in [5.74, 6) is 0.474. The summed E-state index contributed by atoms with van der Waals surface area (Å²) in [6.07, 6.45) is 46.8. The van der Waals surface area contributed by atoms with Crippen molar-refractivity contribution in [3.8, 4) is 0 Å². The molecule has 0 aromatic heterocycles. The van der Waals surface area contributed by atoms with Crippen LogP contribution in [-0.2, 0) is 4.79 Å². The van der Waals surface area contributed by atoms with Crippen molar-refractivity contribution in [3.63, 3.8) is 0 Å². The molecule has 0 atom stereocenters. The lowest BCUT2D eigenvalue weighted by Gasteiger charge is -2.24. The molecule has 0 aliphatic carbocycles. The van der Waals surface area contributed by atoms with Gasteiger partial charge in [-0.1, -0.05) is 206 Å². The zero-order valence-electron chi connectivity index (χ0n) is 32.3. The van der Waals surface area contributed by atoms with Crippen LogP contribution in [0.5, 0.6) is 0 Å². The number of nitrogens with zero attached hydrogens (tertiary/aromatic N) is 2. The van der Waals surface area contributed by atoms with E-state index in [-0.39, 0.29) is 5.91 Å². The first-order chi connectivity index (χ1) is 23.1. The van der Waals surface area contributed by atoms with Crippen LogP contribution in [0.15, 0.2) is 4.99 Å². The van der Waals surface area contributed by atoms with E-state index in [1.165, 1.54) is 205 Å². The van der Waals surface area contributed by atoms with Gasteiger partial charge in [-0.3, -0.25) is 9.79 Å². The first-order valence-corrected chi connectivity index (χ1v) is 21.4. The lowest BCUT2D eigenvalue weighted by Crippen LogP contribution is -2.39. The van der Waals surface area contributed by atoms with Gasteiger partial charge in [-0.25, -0.2) is 0 Å². The Morgan fingerprint density at radius 2 is 0.681 bits per heavy atom. The predicted octanol–water partition coefficient (Wildman–Crippen LogP) is 12.8. The number of hydrogen-bond donors (Lipinski definition) is 2. The Morgan fingerprint density at radius 1 is 0.404 bits per heavy atom. The van der Waals surface area contributed by atoms with Gasteiger partial charge in [-0.2, -0.15) is 0 Å². The first kappa shape index (κ1) is 45.7. The van der Waals surface area contributed by atoms with E-state index in [0.29, 0.717) is 18.9 Å². The second-order valence-corrected chi connectivity index (χ2v) is 14.8. The largest absolute Gasteiger partial charge is 0.370 e. The number of aliphatic imine (C=N–C) groups is 1. The van der Waals surface area contributed by atoms with Crippen molar-refractivity contribution >= 4 is 11.9 Å². The van der Waals surface area contributed by atoms with Crippen LogP contribution < -0.4 is 11.5 Å². The van der Waals surface area contributed by atoms with Crippen LogP contribution >= 0.6 is 0 Å². The minimum Gasteiger partial charge on any atom is -0.370 e. The Bertz CT molecular complexity index is 617. The van der Waals surface area contributed by atoms with Gasteiger partial charge in [-0.15, -0.1) is 0 Å². The normalized spacial score (nSPS) is 11.8. The number of carbonyl (C=O) groups is 1. The standard InChI is InChI=1S/C42H86N4O/c1-3-5-7-9-11-13-15-17-19-21-23-25-27-29-31-35-39-46(42(44)45-38-34-33-37-41(43)47)40-36-32-30-28-26-24-22-20-18-16-14-12-10-8-6-4-2/h3-40H2,1-2H3,(H2,43,47)(H2,44,45). The Balaban J connectivity index is 3.96. The summed E-state index contributed by atoms with van der Waals surface area (Å²) >= 11 is 0. The molecule has 47 heavy (non-hydrogen) atoms. The lowest BCUT2D eigenvalue weighted by molar-refractivity contribution is -0.118. The van der Waals surface area contributed by atoms with Crippen molar-refractivity contribution in [2.24, 2.45) is 16.5 Å². The van der Waals surface area contributed by atoms with Crippen LogP contribution in [-0.4, -0.2) is 36.4 Å². The second-order valence-electron chi connectivity index (χ2n) is 14.8. The minimum atomic E-state index is -0.226. The molecule has 0 aliphatic heterocycles. The van der Waals surface area contributed by atoms with E-state index >= 15 is 0 Å². The monoisotopic (exact) mass is 663 g/mol. The third-order valence-corrected chi connectivity index (χ3v) is 9.99. The fourth-order valence-corrected chi connectivity index (χ4v) is 6.75. The summed E-state index contributed by atoms with van der Waals surface area (Å²) in [5, 5.41) is 0. The summed E-state index contributed by atoms with van der Waals surface area (Å²) in [4.78, 5) is 18.0. The van der Waals surface area contributed by atoms with Gasteiger partial charge in [0.2, 0.25) is 5.91 Å². The molecule has 0 aromatic carbocycles. The zero-order chi connectivity index (χ0) is 34.3. The molecule has 0 spiro atoms. The molecule has 4 N–H and O–H groups in total. The fourth-order valence-electron chi connectivity index (χ4n) is 6.75. The molecule has 0 rings (SSSR count). The van der Waals surface area contributed by atoms with Crippen LogP contribution in [0.1, 0.15) is 239 Å². The maximum absolute atomic E-state index is 11.0. The molecular weight excluding hydrogens is 576 g/mol. The highest BCUT2D eigenvalue weighted by atomic mass is 16.1. The van der Waals surface area contributed by atoms with Gasteiger partial charge in [0.15, 0.2) is 5.96 Å². The molecule has 1 amide bonds. The van der Waals surface area contributed by atoms with Crippen LogP contribution in [0, 0.1) is 0 Å². The van der Waals surface area contributed by atoms with Crippen molar-refractivity contribution in [1.29, 1.82) is 0 Å². The van der Waals surface area contributed by atoms with E-state index in [1.54, 1.807) is 0 Å². The van der Waals surface area contributed by atoms with Gasteiger partial charge >= 0.3 is 0 Å². The van der Waals surface area contributed by atoms with E-state index in [9.17, 15) is 4.79 Å². The Morgan fingerprint density at radius 3 is 0.957 bits per heavy atom. The molecule has 0 saturated heterocycles. The number of amides is 1. The van der Waals surface area contributed by atoms with Gasteiger partial charge < -0.3 is 16.4 Å². The molecule has 5 heteroatoms. The molecule has 0 heterocycles. The Labute approximate surface area is 295 Å². The average Bonchev–Trinajstić information content (AvgIpc) is 3.06. The topological polar surface area (TPSA) is 84.7 Å². The number of rotatable bonds is 39. The van der Waals surface area contributed by atoms with Crippen LogP contribution in [0.4, 0.5) is 0 Å². The van der Waals surface area contributed by atoms with E-state index in [2.05, 4.69) is 23.7 Å². The number of unbranched alkanes of at least 4 members (excludes halogenated alkanes) is 31. The summed E-state index contributed by atoms with van der Waals surface area (Å²) in [6.45, 7) is 7.32. The number of primary amides is 1. The molecule has 0 saturated carbocycles. The van der Waals surface area contributed by atoms with Gasteiger partial charge in [0.1, 0.15) is 0 Å². The number of nitrogens with two attached hydrogens (primary N) is 2. The van der Waals surface area contributed by atoms with Gasteiger partial charge in [0.25, 0.3) is 0 Å². The highest BCUT2D eigenvalue weighted by Gasteiger charge is 2.08. The molecule has 0 radical (unpaired) electrons. The van der Waals surface area contributed by atoms with E-state index < -0.39 is 0 Å². The van der Waals surface area contributed by atoms with Crippen molar-refractivity contribution in [3.05, 3.63) is 0 Å². The van der Waals surface area contributed by atoms with Gasteiger partial charge in [-0.05, 0) is 25.7 Å². The summed E-state index contributed by atoms with van der Waals surface area (Å²) in [5.41, 5.74) is 11.8. The van der Waals surface area contributed by atoms with Crippen molar-refractivity contribution in [2.45, 2.75) is 239 Å². The quantitative estimate of drug-likeness (QED) is 0.0390. The molecule has 0 aromatic rings. The second kappa shape index (κ2) is 39.2. The molecule has 0 bridgehead atoms. The molecule has 0 aliphatic rings. The summed E-state index contributed by atoms with van der Waals surface area (Å²) in [7, 11) is 0. The van der Waals surface area contributed by atoms with Crippen molar-refractivity contribution in [1.82, 2.24) is 4.90 Å². The molecule has 0 unspecified atom stereocenters. The molecule has 5 nitrogen and oxygen atoms in total. The maximum Gasteiger partial charge on any atom is 0.217 e. The number of hydrogen-bond acceptors (Lipinski definition) is 2. The van der Waals surface area contributed by atoms with E-state index in [4.69, 9.17) is 11.5 Å². The highest BCUT2D eigenvalue weighted by molar-refractivity contribution is 5.78. The zero-order valence-corrected chi connectivity index (χ0v) is 32.3. The molecule has 0 fully saturated rings. The van der Waals surface area contributed by atoms with Crippen LogP contribution in [0.3, 0.4) is 0 Å². The Hall–Kier alpha value is -1.26.